The first kappa shape index (κ1) is 23.2. The summed E-state index contributed by atoms with van der Waals surface area (Å²) < 4.78 is 43.2. The van der Waals surface area contributed by atoms with Gasteiger partial charge in [0.15, 0.2) is 0 Å². The number of carbonyl (C=O) groups excluding carboxylic acids is 3. The van der Waals surface area contributed by atoms with Crippen molar-refractivity contribution < 1.29 is 27.6 Å². The third kappa shape index (κ3) is 3.41. The van der Waals surface area contributed by atoms with Crippen LogP contribution in [0.1, 0.15) is 67.8 Å². The Morgan fingerprint density at radius 1 is 1.09 bits per heavy atom. The standard InChI is InChI=1S/C25H30F3N3O3/c1-3-19(23-11-15-8-16(12-23)10-17(9-15)13-23)31-21(33)24(25(26,27)28,30-22(31)34)29-20(32)18-6-4-14(2)5-7-18/h4-7,15-17,19H,3,8-13H2,1-2H3,(H,29,32)(H,30,34)/t15?,16?,17?,19-,23?,24-/m1/s1. The van der Waals surface area contributed by atoms with E-state index in [4.69, 9.17) is 0 Å². The molecule has 0 spiro atoms. The van der Waals surface area contributed by atoms with Crippen molar-refractivity contribution in [2.24, 2.45) is 23.2 Å². The number of hydrogen-bond donors (Lipinski definition) is 2. The lowest BCUT2D eigenvalue weighted by Gasteiger charge is -2.60. The molecule has 2 atom stereocenters. The maximum Gasteiger partial charge on any atom is 0.440 e. The van der Waals surface area contributed by atoms with Gasteiger partial charge in [0.05, 0.1) is 0 Å². The van der Waals surface area contributed by atoms with Crippen LogP contribution < -0.4 is 10.6 Å². The fraction of sp³-hybridized carbons (Fsp3) is 0.640. The van der Waals surface area contributed by atoms with Gasteiger partial charge in [0, 0.05) is 11.6 Å². The number of aryl methyl sites for hydroxylation is 1. The molecular formula is C25H30F3N3O3. The number of amides is 4. The molecule has 4 bridgehead atoms. The number of alkyl halides is 3. The van der Waals surface area contributed by atoms with Crippen LogP contribution in [0.2, 0.25) is 0 Å². The molecule has 34 heavy (non-hydrogen) atoms. The van der Waals surface area contributed by atoms with Gasteiger partial charge in [0.1, 0.15) is 0 Å². The van der Waals surface area contributed by atoms with Crippen LogP contribution >= 0.6 is 0 Å². The van der Waals surface area contributed by atoms with E-state index >= 15 is 0 Å². The van der Waals surface area contributed by atoms with E-state index in [1.165, 1.54) is 12.1 Å². The van der Waals surface area contributed by atoms with Gasteiger partial charge in [-0.15, -0.1) is 0 Å². The Balaban J connectivity index is 1.48. The molecule has 0 aromatic heterocycles. The lowest BCUT2D eigenvalue weighted by Crippen LogP contribution is -2.70. The molecule has 4 saturated carbocycles. The smallest absolute Gasteiger partial charge is 0.314 e. The minimum atomic E-state index is -5.21. The Morgan fingerprint density at radius 2 is 1.62 bits per heavy atom. The largest absolute Gasteiger partial charge is 0.440 e. The average molecular weight is 478 g/mol. The van der Waals surface area contributed by atoms with Crippen LogP contribution in [0.3, 0.4) is 0 Å². The van der Waals surface area contributed by atoms with E-state index in [-0.39, 0.29) is 11.0 Å². The summed E-state index contributed by atoms with van der Waals surface area (Å²) in [7, 11) is 0. The zero-order valence-corrected chi connectivity index (χ0v) is 19.4. The molecule has 2 N–H and O–H groups in total. The van der Waals surface area contributed by atoms with Crippen molar-refractivity contribution in [3.8, 4) is 0 Å². The van der Waals surface area contributed by atoms with Crippen molar-refractivity contribution >= 4 is 17.8 Å². The van der Waals surface area contributed by atoms with Gasteiger partial charge in [-0.25, -0.2) is 4.79 Å². The van der Waals surface area contributed by atoms with E-state index < -0.39 is 35.7 Å². The molecule has 0 unspecified atom stereocenters. The maximum atomic E-state index is 14.4. The van der Waals surface area contributed by atoms with E-state index in [0.29, 0.717) is 24.2 Å². The zero-order chi connectivity index (χ0) is 24.5. The molecule has 184 valence electrons. The van der Waals surface area contributed by atoms with E-state index in [9.17, 15) is 27.6 Å². The van der Waals surface area contributed by atoms with Crippen LogP contribution in [0.4, 0.5) is 18.0 Å². The zero-order valence-electron chi connectivity index (χ0n) is 19.4. The number of carbonyl (C=O) groups is 3. The molecule has 1 aliphatic heterocycles. The van der Waals surface area contributed by atoms with Gasteiger partial charge < -0.3 is 5.32 Å². The number of nitrogens with one attached hydrogen (secondary N) is 2. The first-order chi connectivity index (χ1) is 16.0. The number of imide groups is 1. The first-order valence-corrected chi connectivity index (χ1v) is 12.1. The SMILES string of the molecule is CC[C@@H](N1C(=O)N[C@@](NC(=O)c2ccc(C)cc2)(C(F)(F)F)C1=O)C12CC3CC(CC(C3)C1)C2. The predicted molar refractivity (Wildman–Crippen MR) is 117 cm³/mol. The molecule has 1 aromatic rings. The third-order valence-electron chi connectivity index (χ3n) is 8.58. The number of halogens is 3. The van der Waals surface area contributed by atoms with Crippen molar-refractivity contribution in [1.82, 2.24) is 15.5 Å². The van der Waals surface area contributed by atoms with Crippen molar-refractivity contribution in [3.05, 3.63) is 35.4 Å². The van der Waals surface area contributed by atoms with Crippen LogP contribution in [0.5, 0.6) is 0 Å². The van der Waals surface area contributed by atoms with Crippen molar-refractivity contribution in [1.29, 1.82) is 0 Å². The minimum absolute atomic E-state index is 0.0251. The van der Waals surface area contributed by atoms with Crippen LogP contribution in [0, 0.1) is 30.1 Å². The van der Waals surface area contributed by atoms with Crippen LogP contribution in [-0.2, 0) is 4.79 Å². The molecule has 4 amide bonds. The number of urea groups is 1. The molecule has 0 radical (unpaired) electrons. The molecule has 1 saturated heterocycles. The van der Waals surface area contributed by atoms with Gasteiger partial charge >= 0.3 is 12.2 Å². The summed E-state index contributed by atoms with van der Waals surface area (Å²) in [5.74, 6) is -0.984. The van der Waals surface area contributed by atoms with Gasteiger partial charge in [-0.05, 0) is 87.2 Å². The van der Waals surface area contributed by atoms with Gasteiger partial charge in [0.25, 0.3) is 17.5 Å². The molecule has 1 heterocycles. The Labute approximate surface area is 196 Å². The molecule has 5 fully saturated rings. The number of rotatable bonds is 5. The first-order valence-electron chi connectivity index (χ1n) is 12.1. The summed E-state index contributed by atoms with van der Waals surface area (Å²) in [4.78, 5) is 40.1. The number of nitrogens with zero attached hydrogens (tertiary/aromatic N) is 1. The lowest BCUT2D eigenvalue weighted by atomic mass is 9.47. The summed E-state index contributed by atoms with van der Waals surface area (Å²) in [6, 6.07) is 4.24. The minimum Gasteiger partial charge on any atom is -0.314 e. The lowest BCUT2D eigenvalue weighted by molar-refractivity contribution is -0.202. The van der Waals surface area contributed by atoms with E-state index in [1.54, 1.807) is 19.1 Å². The molecule has 4 aliphatic carbocycles. The number of benzene rings is 1. The summed E-state index contributed by atoms with van der Waals surface area (Å²) in [5.41, 5.74) is -3.02. The Hall–Kier alpha value is -2.58. The highest BCUT2D eigenvalue weighted by atomic mass is 19.4. The molecule has 1 aromatic carbocycles. The Kier molecular flexibility index (Phi) is 5.26. The Bertz CT molecular complexity index is 987. The topological polar surface area (TPSA) is 78.5 Å². The monoisotopic (exact) mass is 477 g/mol. The molecule has 6 nitrogen and oxygen atoms in total. The molecular weight excluding hydrogens is 447 g/mol. The third-order valence-corrected chi connectivity index (χ3v) is 8.58. The van der Waals surface area contributed by atoms with Gasteiger partial charge in [-0.3, -0.25) is 19.8 Å². The normalized spacial score (nSPS) is 35.4. The van der Waals surface area contributed by atoms with Gasteiger partial charge in [0.2, 0.25) is 0 Å². The summed E-state index contributed by atoms with van der Waals surface area (Å²) in [6.07, 6.45) is 1.08. The number of hydrogen-bond acceptors (Lipinski definition) is 3. The van der Waals surface area contributed by atoms with Crippen molar-refractivity contribution in [3.63, 3.8) is 0 Å². The second-order valence-electron chi connectivity index (χ2n) is 10.9. The van der Waals surface area contributed by atoms with Crippen LogP contribution in [-0.4, -0.2) is 40.6 Å². The average Bonchev–Trinajstić information content (AvgIpc) is 2.99. The summed E-state index contributed by atoms with van der Waals surface area (Å²) in [6.45, 7) is 3.61. The van der Waals surface area contributed by atoms with E-state index in [2.05, 4.69) is 0 Å². The maximum absolute atomic E-state index is 14.4. The second kappa shape index (κ2) is 7.71. The van der Waals surface area contributed by atoms with E-state index in [0.717, 1.165) is 49.0 Å². The Morgan fingerprint density at radius 3 is 2.09 bits per heavy atom. The van der Waals surface area contributed by atoms with Crippen molar-refractivity contribution in [2.45, 2.75) is 76.7 Å². The van der Waals surface area contributed by atoms with Gasteiger partial charge in [-0.2, -0.15) is 13.2 Å². The molecule has 5 aliphatic rings. The van der Waals surface area contributed by atoms with Gasteiger partial charge in [-0.1, -0.05) is 24.6 Å². The van der Waals surface area contributed by atoms with Crippen molar-refractivity contribution in [2.75, 3.05) is 0 Å². The molecule has 6 rings (SSSR count). The fourth-order valence-electron chi connectivity index (χ4n) is 7.60. The quantitative estimate of drug-likeness (QED) is 0.612. The highest BCUT2D eigenvalue weighted by molar-refractivity contribution is 6.10. The second-order valence-corrected chi connectivity index (χ2v) is 10.9. The van der Waals surface area contributed by atoms with E-state index in [1.807, 2.05) is 17.6 Å². The predicted octanol–water partition coefficient (Wildman–Crippen LogP) is 4.53. The molecule has 9 heteroatoms. The van der Waals surface area contributed by atoms with Crippen LogP contribution in [0.25, 0.3) is 0 Å². The summed E-state index contributed by atoms with van der Waals surface area (Å²) in [5, 5.41) is 3.69. The highest BCUT2D eigenvalue weighted by Gasteiger charge is 2.71. The highest BCUT2D eigenvalue weighted by Crippen LogP contribution is 2.62. The summed E-state index contributed by atoms with van der Waals surface area (Å²) >= 11 is 0. The fourth-order valence-corrected chi connectivity index (χ4v) is 7.60. The van der Waals surface area contributed by atoms with Crippen LogP contribution in [0.15, 0.2) is 24.3 Å².